The van der Waals surface area contributed by atoms with E-state index in [9.17, 15) is 9.59 Å². The number of amides is 1. The van der Waals surface area contributed by atoms with E-state index in [0.29, 0.717) is 5.69 Å². The van der Waals surface area contributed by atoms with Crippen LogP contribution in [0.2, 0.25) is 0 Å². The number of rotatable bonds is 4. The molecule has 6 heteroatoms. The van der Waals surface area contributed by atoms with E-state index in [0.717, 1.165) is 22.4 Å². The van der Waals surface area contributed by atoms with Gasteiger partial charge in [0.2, 0.25) is 5.91 Å². The van der Waals surface area contributed by atoms with Gasteiger partial charge in [0.15, 0.2) is 0 Å². The van der Waals surface area contributed by atoms with Crippen LogP contribution in [0.25, 0.3) is 11.0 Å². The number of nitrogens with one attached hydrogen (secondary N) is 1. The number of benzene rings is 2. The van der Waals surface area contributed by atoms with Crippen LogP contribution in [0.15, 0.2) is 42.5 Å². The number of aromatic carboxylic acids is 1. The van der Waals surface area contributed by atoms with Gasteiger partial charge >= 0.3 is 5.97 Å². The number of aromatic nitrogens is 2. The Kier molecular flexibility index (Phi) is 4.04. The smallest absolute Gasteiger partial charge is 0.335 e. The number of hydrogen-bond donors (Lipinski definition) is 2. The molecule has 0 unspecified atom stereocenters. The standard InChI is InChI=1S/C18H17N3O3/c1-11-7-8-13(18(23)24)9-15(11)20-17(22)10-21-12(2)19-14-5-3-4-6-16(14)21/h3-9H,10H2,1-2H3,(H,20,22)(H,23,24). The van der Waals surface area contributed by atoms with Crippen molar-refractivity contribution in [2.24, 2.45) is 0 Å². The second kappa shape index (κ2) is 6.16. The highest BCUT2D eigenvalue weighted by Crippen LogP contribution is 2.19. The van der Waals surface area contributed by atoms with Gasteiger partial charge in [-0.05, 0) is 43.7 Å². The van der Waals surface area contributed by atoms with Gasteiger partial charge in [0.25, 0.3) is 0 Å². The first-order valence-corrected chi connectivity index (χ1v) is 7.51. The van der Waals surface area contributed by atoms with E-state index in [1.165, 1.54) is 12.1 Å². The zero-order chi connectivity index (χ0) is 17.3. The lowest BCUT2D eigenvalue weighted by Crippen LogP contribution is -2.20. The van der Waals surface area contributed by atoms with Crippen molar-refractivity contribution in [1.82, 2.24) is 9.55 Å². The summed E-state index contributed by atoms with van der Waals surface area (Å²) in [6.07, 6.45) is 0. The van der Waals surface area contributed by atoms with E-state index in [2.05, 4.69) is 10.3 Å². The van der Waals surface area contributed by atoms with Gasteiger partial charge in [0, 0.05) is 5.69 Å². The minimum atomic E-state index is -1.03. The van der Waals surface area contributed by atoms with Crippen molar-refractivity contribution in [3.8, 4) is 0 Å². The largest absolute Gasteiger partial charge is 0.478 e. The van der Waals surface area contributed by atoms with Gasteiger partial charge in [0.05, 0.1) is 16.6 Å². The molecule has 0 saturated heterocycles. The van der Waals surface area contributed by atoms with Crippen LogP contribution in [0.4, 0.5) is 5.69 Å². The van der Waals surface area contributed by atoms with Crippen molar-refractivity contribution in [3.05, 3.63) is 59.4 Å². The van der Waals surface area contributed by atoms with Crippen LogP contribution >= 0.6 is 0 Å². The number of para-hydroxylation sites is 2. The summed E-state index contributed by atoms with van der Waals surface area (Å²) in [5.74, 6) is -0.504. The van der Waals surface area contributed by atoms with E-state index in [4.69, 9.17) is 5.11 Å². The van der Waals surface area contributed by atoms with Crippen LogP contribution in [-0.4, -0.2) is 26.5 Å². The summed E-state index contributed by atoms with van der Waals surface area (Å²) < 4.78 is 1.83. The Balaban J connectivity index is 1.84. The summed E-state index contributed by atoms with van der Waals surface area (Å²) in [5, 5.41) is 11.9. The Morgan fingerprint density at radius 1 is 1.17 bits per heavy atom. The van der Waals surface area contributed by atoms with Gasteiger partial charge in [-0.25, -0.2) is 9.78 Å². The molecule has 3 aromatic rings. The van der Waals surface area contributed by atoms with Crippen LogP contribution in [-0.2, 0) is 11.3 Å². The van der Waals surface area contributed by atoms with Crippen molar-refractivity contribution in [2.45, 2.75) is 20.4 Å². The highest BCUT2D eigenvalue weighted by molar-refractivity contribution is 5.95. The SMILES string of the molecule is Cc1ccc(C(=O)O)cc1NC(=O)Cn1c(C)nc2ccccc21. The average molecular weight is 323 g/mol. The third-order valence-corrected chi connectivity index (χ3v) is 3.91. The molecule has 0 aliphatic carbocycles. The molecule has 24 heavy (non-hydrogen) atoms. The Hall–Kier alpha value is -3.15. The number of anilines is 1. The van der Waals surface area contributed by atoms with E-state index in [-0.39, 0.29) is 18.0 Å². The lowest BCUT2D eigenvalue weighted by atomic mass is 10.1. The highest BCUT2D eigenvalue weighted by atomic mass is 16.4. The maximum absolute atomic E-state index is 12.4. The average Bonchev–Trinajstić information content (AvgIpc) is 2.85. The second-order valence-electron chi connectivity index (χ2n) is 5.62. The van der Waals surface area contributed by atoms with Gasteiger partial charge in [0.1, 0.15) is 12.4 Å². The molecule has 0 radical (unpaired) electrons. The Morgan fingerprint density at radius 3 is 2.67 bits per heavy atom. The molecule has 6 nitrogen and oxygen atoms in total. The molecule has 0 bridgehead atoms. The first-order valence-electron chi connectivity index (χ1n) is 7.51. The highest BCUT2D eigenvalue weighted by Gasteiger charge is 2.13. The van der Waals surface area contributed by atoms with Crippen molar-refractivity contribution in [2.75, 3.05) is 5.32 Å². The number of fused-ring (bicyclic) bond motifs is 1. The third kappa shape index (κ3) is 2.99. The summed E-state index contributed by atoms with van der Waals surface area (Å²) >= 11 is 0. The first kappa shape index (κ1) is 15.7. The van der Waals surface area contributed by atoms with Crippen LogP contribution < -0.4 is 5.32 Å². The minimum absolute atomic E-state index is 0.114. The summed E-state index contributed by atoms with van der Waals surface area (Å²) in [7, 11) is 0. The molecule has 0 atom stereocenters. The van der Waals surface area contributed by atoms with E-state index >= 15 is 0 Å². The fraction of sp³-hybridized carbons (Fsp3) is 0.167. The van der Waals surface area contributed by atoms with Crippen molar-refractivity contribution in [1.29, 1.82) is 0 Å². The molecular formula is C18H17N3O3. The fourth-order valence-corrected chi connectivity index (χ4v) is 2.62. The third-order valence-electron chi connectivity index (χ3n) is 3.91. The molecule has 0 spiro atoms. The minimum Gasteiger partial charge on any atom is -0.478 e. The monoisotopic (exact) mass is 323 g/mol. The molecule has 0 saturated carbocycles. The van der Waals surface area contributed by atoms with Crippen LogP contribution in [0.1, 0.15) is 21.7 Å². The lowest BCUT2D eigenvalue weighted by molar-refractivity contribution is -0.116. The fourth-order valence-electron chi connectivity index (χ4n) is 2.62. The zero-order valence-corrected chi connectivity index (χ0v) is 13.4. The number of aryl methyl sites for hydroxylation is 2. The number of carboxylic acid groups (broad SMARTS) is 1. The summed E-state index contributed by atoms with van der Waals surface area (Å²) in [6, 6.07) is 12.3. The van der Waals surface area contributed by atoms with E-state index in [1.807, 2.05) is 42.7 Å². The number of nitrogens with zero attached hydrogens (tertiary/aromatic N) is 2. The zero-order valence-electron chi connectivity index (χ0n) is 13.4. The number of carbonyl (C=O) groups excluding carboxylic acids is 1. The number of carboxylic acids is 1. The van der Waals surface area contributed by atoms with Crippen LogP contribution in [0.3, 0.4) is 0 Å². The van der Waals surface area contributed by atoms with Crippen molar-refractivity contribution < 1.29 is 14.7 Å². The number of hydrogen-bond acceptors (Lipinski definition) is 3. The van der Waals surface area contributed by atoms with Crippen LogP contribution in [0, 0.1) is 13.8 Å². The molecule has 2 aromatic carbocycles. The molecule has 1 amide bonds. The van der Waals surface area contributed by atoms with E-state index in [1.54, 1.807) is 6.07 Å². The van der Waals surface area contributed by atoms with Gasteiger partial charge in [-0.2, -0.15) is 0 Å². The molecule has 122 valence electrons. The Morgan fingerprint density at radius 2 is 1.92 bits per heavy atom. The van der Waals surface area contributed by atoms with Crippen molar-refractivity contribution in [3.63, 3.8) is 0 Å². The number of carbonyl (C=O) groups is 2. The second-order valence-corrected chi connectivity index (χ2v) is 5.62. The van der Waals surface area contributed by atoms with Crippen LogP contribution in [0.5, 0.6) is 0 Å². The van der Waals surface area contributed by atoms with Crippen molar-refractivity contribution >= 4 is 28.6 Å². The molecule has 3 rings (SSSR count). The summed E-state index contributed by atoms with van der Waals surface area (Å²) in [6.45, 7) is 3.78. The van der Waals surface area contributed by atoms with Gasteiger partial charge in [-0.3, -0.25) is 4.79 Å². The summed E-state index contributed by atoms with van der Waals surface area (Å²) in [5.41, 5.74) is 3.18. The molecule has 2 N–H and O–H groups in total. The van der Waals surface area contributed by atoms with Gasteiger partial charge < -0.3 is 15.0 Å². The quantitative estimate of drug-likeness (QED) is 0.773. The number of imidazole rings is 1. The molecule has 0 fully saturated rings. The molecule has 1 heterocycles. The Bertz CT molecular complexity index is 944. The Labute approximate surface area is 138 Å². The predicted octanol–water partition coefficient (Wildman–Crippen LogP) is 2.99. The molecule has 1 aromatic heterocycles. The van der Waals surface area contributed by atoms with Gasteiger partial charge in [-0.15, -0.1) is 0 Å². The molecular weight excluding hydrogens is 306 g/mol. The molecule has 0 aliphatic rings. The maximum atomic E-state index is 12.4. The molecule has 0 aliphatic heterocycles. The first-order chi connectivity index (χ1) is 11.5. The maximum Gasteiger partial charge on any atom is 0.335 e. The van der Waals surface area contributed by atoms with E-state index < -0.39 is 5.97 Å². The lowest BCUT2D eigenvalue weighted by Gasteiger charge is -2.11. The normalized spacial score (nSPS) is 10.8. The summed E-state index contributed by atoms with van der Waals surface area (Å²) in [4.78, 5) is 27.9. The van der Waals surface area contributed by atoms with Gasteiger partial charge in [-0.1, -0.05) is 18.2 Å². The topological polar surface area (TPSA) is 84.2 Å². The predicted molar refractivity (Wildman–Crippen MR) is 91.2 cm³/mol.